The molecule has 4 nitrogen and oxygen atoms in total. The van der Waals surface area contributed by atoms with Crippen LogP contribution in [-0.4, -0.2) is 16.7 Å². The molecule has 0 spiro atoms. The summed E-state index contributed by atoms with van der Waals surface area (Å²) in [7, 11) is 0. The van der Waals surface area contributed by atoms with Gasteiger partial charge >= 0.3 is 0 Å². The van der Waals surface area contributed by atoms with Gasteiger partial charge in [-0.1, -0.05) is 23.7 Å². The number of hydrogen-bond acceptors (Lipinski definition) is 4. The molecule has 1 fully saturated rings. The molecule has 1 N–H and O–H groups in total. The maximum absolute atomic E-state index is 13.6. The van der Waals surface area contributed by atoms with E-state index < -0.39 is 0 Å². The number of nitrogens with zero attached hydrogens (tertiary/aromatic N) is 2. The standard InChI is InChI=1S/C13H14FN3O.ClH/c14-10-6-2-1-5-9(10)12-16-13(18-17-12)11-7-3-4-8-15-11;/h1-2,5-6,11,15H,3-4,7-8H2;1H. The van der Waals surface area contributed by atoms with Gasteiger partial charge in [0, 0.05) is 0 Å². The van der Waals surface area contributed by atoms with E-state index in [1.807, 2.05) is 0 Å². The molecule has 0 saturated carbocycles. The second-order valence-corrected chi connectivity index (χ2v) is 4.44. The Hall–Kier alpha value is -1.46. The molecule has 102 valence electrons. The molecule has 1 aliphatic heterocycles. The largest absolute Gasteiger partial charge is 0.337 e. The second-order valence-electron chi connectivity index (χ2n) is 4.44. The van der Waals surface area contributed by atoms with E-state index >= 15 is 0 Å². The maximum atomic E-state index is 13.6. The molecule has 19 heavy (non-hydrogen) atoms. The normalized spacial score (nSPS) is 18.9. The first-order chi connectivity index (χ1) is 8.84. The Balaban J connectivity index is 0.00000133. The molecular formula is C13H15ClFN3O. The summed E-state index contributed by atoms with van der Waals surface area (Å²) in [4.78, 5) is 4.28. The van der Waals surface area contributed by atoms with Gasteiger partial charge in [-0.25, -0.2) is 4.39 Å². The number of rotatable bonds is 2. The summed E-state index contributed by atoms with van der Waals surface area (Å²) in [5.74, 6) is 0.532. The smallest absolute Gasteiger partial charge is 0.244 e. The van der Waals surface area contributed by atoms with Crippen molar-refractivity contribution in [1.29, 1.82) is 0 Å². The quantitative estimate of drug-likeness (QED) is 0.920. The lowest BCUT2D eigenvalue weighted by Gasteiger charge is -2.19. The van der Waals surface area contributed by atoms with E-state index in [0.29, 0.717) is 17.3 Å². The summed E-state index contributed by atoms with van der Waals surface area (Å²) in [6.45, 7) is 0.960. The number of aromatic nitrogens is 2. The van der Waals surface area contributed by atoms with Gasteiger partial charge in [0.1, 0.15) is 5.82 Å². The van der Waals surface area contributed by atoms with E-state index in [1.165, 1.54) is 12.5 Å². The Labute approximate surface area is 116 Å². The molecular weight excluding hydrogens is 269 g/mol. The lowest BCUT2D eigenvalue weighted by atomic mass is 10.1. The minimum Gasteiger partial charge on any atom is -0.337 e. The van der Waals surface area contributed by atoms with Crippen LogP contribution in [0.15, 0.2) is 28.8 Å². The number of piperidine rings is 1. The predicted molar refractivity (Wildman–Crippen MR) is 71.5 cm³/mol. The zero-order valence-corrected chi connectivity index (χ0v) is 11.1. The average Bonchev–Trinajstić information content (AvgIpc) is 2.90. The molecule has 2 aromatic rings. The van der Waals surface area contributed by atoms with Crippen LogP contribution in [0.3, 0.4) is 0 Å². The molecule has 1 aromatic carbocycles. The summed E-state index contributed by atoms with van der Waals surface area (Å²) >= 11 is 0. The van der Waals surface area contributed by atoms with E-state index in [4.69, 9.17) is 4.52 Å². The van der Waals surface area contributed by atoms with Crippen LogP contribution in [-0.2, 0) is 0 Å². The van der Waals surface area contributed by atoms with Crippen molar-refractivity contribution in [2.45, 2.75) is 25.3 Å². The maximum Gasteiger partial charge on any atom is 0.244 e. The van der Waals surface area contributed by atoms with Gasteiger partial charge < -0.3 is 9.84 Å². The monoisotopic (exact) mass is 283 g/mol. The Kier molecular flexibility index (Phi) is 4.50. The lowest BCUT2D eigenvalue weighted by molar-refractivity contribution is 0.297. The minimum absolute atomic E-state index is 0. The fourth-order valence-corrected chi connectivity index (χ4v) is 2.19. The molecule has 1 unspecified atom stereocenters. The van der Waals surface area contributed by atoms with E-state index in [1.54, 1.807) is 18.2 Å². The summed E-state index contributed by atoms with van der Waals surface area (Å²) < 4.78 is 18.8. The third-order valence-corrected chi connectivity index (χ3v) is 3.16. The van der Waals surface area contributed by atoms with Crippen LogP contribution in [0.1, 0.15) is 31.2 Å². The summed E-state index contributed by atoms with van der Waals surface area (Å²) in [5, 5.41) is 7.18. The summed E-state index contributed by atoms with van der Waals surface area (Å²) in [6.07, 6.45) is 3.30. The average molecular weight is 284 g/mol. The Bertz CT molecular complexity index is 540. The van der Waals surface area contributed by atoms with Crippen LogP contribution in [0.2, 0.25) is 0 Å². The van der Waals surface area contributed by atoms with Gasteiger partial charge in [0.25, 0.3) is 0 Å². The molecule has 1 saturated heterocycles. The van der Waals surface area contributed by atoms with Crippen molar-refractivity contribution < 1.29 is 8.91 Å². The first-order valence-electron chi connectivity index (χ1n) is 6.16. The first kappa shape index (κ1) is 14.0. The van der Waals surface area contributed by atoms with Crippen molar-refractivity contribution >= 4 is 12.4 Å². The van der Waals surface area contributed by atoms with Crippen molar-refractivity contribution in [1.82, 2.24) is 15.5 Å². The first-order valence-corrected chi connectivity index (χ1v) is 6.16. The van der Waals surface area contributed by atoms with E-state index in [9.17, 15) is 4.39 Å². The van der Waals surface area contributed by atoms with E-state index in [2.05, 4.69) is 15.5 Å². The summed E-state index contributed by atoms with van der Waals surface area (Å²) in [5.41, 5.74) is 0.378. The van der Waals surface area contributed by atoms with Crippen LogP contribution in [0, 0.1) is 5.82 Å². The topological polar surface area (TPSA) is 51.0 Å². The Morgan fingerprint density at radius 1 is 1.26 bits per heavy atom. The van der Waals surface area contributed by atoms with Crippen molar-refractivity contribution in [3.63, 3.8) is 0 Å². The molecule has 0 radical (unpaired) electrons. The minimum atomic E-state index is -0.332. The number of benzene rings is 1. The molecule has 0 amide bonds. The molecule has 0 aliphatic carbocycles. The third-order valence-electron chi connectivity index (χ3n) is 3.16. The number of halogens is 2. The van der Waals surface area contributed by atoms with E-state index in [0.717, 1.165) is 19.4 Å². The van der Waals surface area contributed by atoms with Gasteiger partial charge in [0.05, 0.1) is 11.6 Å². The SMILES string of the molecule is Cl.Fc1ccccc1-c1noc(C2CCCCN2)n1. The molecule has 3 rings (SSSR count). The van der Waals surface area contributed by atoms with Gasteiger partial charge in [-0.3, -0.25) is 0 Å². The molecule has 6 heteroatoms. The number of hydrogen-bond donors (Lipinski definition) is 1. The van der Waals surface area contributed by atoms with Crippen molar-refractivity contribution in [2.75, 3.05) is 6.54 Å². The molecule has 1 aromatic heterocycles. The zero-order valence-electron chi connectivity index (χ0n) is 10.3. The van der Waals surface area contributed by atoms with Crippen LogP contribution in [0.25, 0.3) is 11.4 Å². The van der Waals surface area contributed by atoms with Gasteiger partial charge in [0.15, 0.2) is 0 Å². The van der Waals surface area contributed by atoms with Crippen LogP contribution in [0.5, 0.6) is 0 Å². The lowest BCUT2D eigenvalue weighted by Crippen LogP contribution is -2.26. The van der Waals surface area contributed by atoms with Crippen LogP contribution in [0.4, 0.5) is 4.39 Å². The zero-order chi connectivity index (χ0) is 12.4. The van der Waals surface area contributed by atoms with E-state index in [-0.39, 0.29) is 24.3 Å². The predicted octanol–water partition coefficient (Wildman–Crippen LogP) is 3.11. The van der Waals surface area contributed by atoms with Crippen molar-refractivity contribution in [3.8, 4) is 11.4 Å². The van der Waals surface area contributed by atoms with Gasteiger partial charge in [-0.15, -0.1) is 12.4 Å². The molecule has 1 aliphatic rings. The summed E-state index contributed by atoms with van der Waals surface area (Å²) in [6, 6.07) is 6.55. The van der Waals surface area contributed by atoms with Gasteiger partial charge in [-0.2, -0.15) is 4.98 Å². The van der Waals surface area contributed by atoms with Crippen molar-refractivity contribution in [2.24, 2.45) is 0 Å². The van der Waals surface area contributed by atoms with Gasteiger partial charge in [0.2, 0.25) is 11.7 Å². The Morgan fingerprint density at radius 2 is 2.11 bits per heavy atom. The highest BCUT2D eigenvalue weighted by Gasteiger charge is 2.22. The highest BCUT2D eigenvalue weighted by atomic mass is 35.5. The fourth-order valence-electron chi connectivity index (χ4n) is 2.19. The molecule has 1 atom stereocenters. The van der Waals surface area contributed by atoms with Crippen LogP contribution >= 0.6 is 12.4 Å². The molecule has 0 bridgehead atoms. The second kappa shape index (κ2) is 6.12. The van der Waals surface area contributed by atoms with Gasteiger partial charge in [-0.05, 0) is 31.5 Å². The third kappa shape index (κ3) is 2.93. The fraction of sp³-hybridized carbons (Fsp3) is 0.385. The number of nitrogens with one attached hydrogen (secondary N) is 1. The highest BCUT2D eigenvalue weighted by molar-refractivity contribution is 5.85. The van der Waals surface area contributed by atoms with Crippen LogP contribution < -0.4 is 5.32 Å². The molecule has 2 heterocycles. The highest BCUT2D eigenvalue weighted by Crippen LogP contribution is 2.25. The Morgan fingerprint density at radius 3 is 2.84 bits per heavy atom. The van der Waals surface area contributed by atoms with Crippen molar-refractivity contribution in [3.05, 3.63) is 36.0 Å².